The zero-order chi connectivity index (χ0) is 13.8. The van der Waals surface area contributed by atoms with Crippen molar-refractivity contribution in [3.63, 3.8) is 0 Å². The summed E-state index contributed by atoms with van der Waals surface area (Å²) >= 11 is 0. The highest BCUT2D eigenvalue weighted by Gasteiger charge is 2.10. The van der Waals surface area contributed by atoms with Gasteiger partial charge >= 0.3 is 0 Å². The number of carbonyl (C=O) groups excluding carboxylic acids is 1. The number of Topliss-reactive ketones (excluding diaryl/α,β-unsaturated/α-hetero) is 1. The molecule has 2 aromatic carbocycles. The number of carbonyl (C=O) groups is 1. The van der Waals surface area contributed by atoms with Crippen LogP contribution in [0.1, 0.15) is 41.3 Å². The van der Waals surface area contributed by atoms with Crippen LogP contribution in [0.15, 0.2) is 48.5 Å². The van der Waals surface area contributed by atoms with E-state index in [2.05, 4.69) is 26.0 Å². The minimum Gasteiger partial charge on any atom is -0.398 e. The van der Waals surface area contributed by atoms with Crippen molar-refractivity contribution in [2.45, 2.75) is 26.2 Å². The third-order valence-electron chi connectivity index (χ3n) is 3.27. The molecule has 0 fully saturated rings. The number of benzene rings is 2. The van der Waals surface area contributed by atoms with Crippen molar-refractivity contribution < 1.29 is 4.79 Å². The molecule has 2 N–H and O–H groups in total. The highest BCUT2D eigenvalue weighted by molar-refractivity contribution is 6.01. The Labute approximate surface area is 114 Å². The van der Waals surface area contributed by atoms with Crippen molar-refractivity contribution in [2.75, 3.05) is 5.73 Å². The van der Waals surface area contributed by atoms with E-state index in [0.717, 1.165) is 5.56 Å². The molecule has 0 bridgehead atoms. The molecule has 2 nitrogen and oxygen atoms in total. The quantitative estimate of drug-likeness (QED) is 0.665. The smallest absolute Gasteiger partial charge is 0.169 e. The molecular weight excluding hydrogens is 234 g/mol. The van der Waals surface area contributed by atoms with Crippen LogP contribution in [-0.2, 0) is 6.42 Å². The second-order valence-electron chi connectivity index (χ2n) is 5.08. The molecule has 2 heteroatoms. The minimum atomic E-state index is 0.0652. The Morgan fingerprint density at radius 3 is 2.26 bits per heavy atom. The lowest BCUT2D eigenvalue weighted by Gasteiger charge is -2.07. The summed E-state index contributed by atoms with van der Waals surface area (Å²) in [5.74, 6) is 0.574. The second-order valence-corrected chi connectivity index (χ2v) is 5.08. The maximum absolute atomic E-state index is 12.2. The summed E-state index contributed by atoms with van der Waals surface area (Å²) in [7, 11) is 0. The molecule has 98 valence electrons. The van der Waals surface area contributed by atoms with Gasteiger partial charge in [0.2, 0.25) is 0 Å². The van der Waals surface area contributed by atoms with Gasteiger partial charge in [-0.2, -0.15) is 0 Å². The largest absolute Gasteiger partial charge is 0.398 e. The van der Waals surface area contributed by atoms with Crippen molar-refractivity contribution in [1.82, 2.24) is 0 Å². The number of rotatable bonds is 4. The van der Waals surface area contributed by atoms with Crippen LogP contribution in [0.2, 0.25) is 0 Å². The summed E-state index contributed by atoms with van der Waals surface area (Å²) in [6, 6.07) is 15.4. The molecule has 0 saturated carbocycles. The number of hydrogen-bond donors (Lipinski definition) is 1. The molecule has 19 heavy (non-hydrogen) atoms. The molecule has 0 unspecified atom stereocenters. The summed E-state index contributed by atoms with van der Waals surface area (Å²) in [6.07, 6.45) is 0.395. The fourth-order valence-corrected chi connectivity index (χ4v) is 2.05. The zero-order valence-corrected chi connectivity index (χ0v) is 11.4. The first-order valence-electron chi connectivity index (χ1n) is 6.54. The van der Waals surface area contributed by atoms with Crippen molar-refractivity contribution in [3.05, 3.63) is 65.2 Å². The second kappa shape index (κ2) is 5.70. The number of nitrogen functional groups attached to an aromatic ring is 1. The predicted octanol–water partition coefficient (Wildman–Crippen LogP) is 3.82. The average Bonchev–Trinajstić information content (AvgIpc) is 2.39. The molecular formula is C17H19NO. The molecule has 0 radical (unpaired) electrons. The average molecular weight is 253 g/mol. The van der Waals surface area contributed by atoms with Gasteiger partial charge in [-0.3, -0.25) is 4.79 Å². The highest BCUT2D eigenvalue weighted by Crippen LogP contribution is 2.17. The Hall–Kier alpha value is -2.09. The molecule has 0 heterocycles. The Kier molecular flexibility index (Phi) is 4.00. The van der Waals surface area contributed by atoms with Gasteiger partial charge in [0.15, 0.2) is 5.78 Å². The van der Waals surface area contributed by atoms with Gasteiger partial charge in [0.1, 0.15) is 0 Å². The van der Waals surface area contributed by atoms with Gasteiger partial charge in [-0.25, -0.2) is 0 Å². The van der Waals surface area contributed by atoms with Gasteiger partial charge in [-0.1, -0.05) is 50.2 Å². The van der Waals surface area contributed by atoms with Crippen LogP contribution in [0.3, 0.4) is 0 Å². The summed E-state index contributed by atoms with van der Waals surface area (Å²) in [6.45, 7) is 4.32. The molecule has 0 aromatic heterocycles. The zero-order valence-electron chi connectivity index (χ0n) is 11.4. The van der Waals surface area contributed by atoms with E-state index in [1.807, 2.05) is 24.3 Å². The maximum atomic E-state index is 12.2. The fraction of sp³-hybridized carbons (Fsp3) is 0.235. The first-order chi connectivity index (χ1) is 9.08. The number of nitrogens with two attached hydrogens (primary N) is 1. The van der Waals surface area contributed by atoms with Crippen molar-refractivity contribution in [3.8, 4) is 0 Å². The maximum Gasteiger partial charge on any atom is 0.169 e. The van der Waals surface area contributed by atoms with Crippen LogP contribution < -0.4 is 5.73 Å². The Morgan fingerprint density at radius 2 is 1.68 bits per heavy atom. The minimum absolute atomic E-state index is 0.0652. The van der Waals surface area contributed by atoms with Gasteiger partial charge in [-0.15, -0.1) is 0 Å². The van der Waals surface area contributed by atoms with E-state index in [1.165, 1.54) is 5.56 Å². The molecule has 2 rings (SSSR count). The molecule has 0 aliphatic rings. The Morgan fingerprint density at radius 1 is 1.05 bits per heavy atom. The lowest BCUT2D eigenvalue weighted by Crippen LogP contribution is -2.06. The van der Waals surface area contributed by atoms with Gasteiger partial charge in [0.25, 0.3) is 0 Å². The van der Waals surface area contributed by atoms with Crippen LogP contribution in [-0.4, -0.2) is 5.78 Å². The van der Waals surface area contributed by atoms with Gasteiger partial charge < -0.3 is 5.73 Å². The normalized spacial score (nSPS) is 10.7. The fourth-order valence-electron chi connectivity index (χ4n) is 2.05. The molecule has 0 aliphatic heterocycles. The first-order valence-corrected chi connectivity index (χ1v) is 6.54. The lowest BCUT2D eigenvalue weighted by molar-refractivity contribution is 0.0994. The monoisotopic (exact) mass is 253 g/mol. The topological polar surface area (TPSA) is 43.1 Å². The van der Waals surface area contributed by atoms with Crippen LogP contribution >= 0.6 is 0 Å². The number of para-hydroxylation sites is 1. The summed E-state index contributed by atoms with van der Waals surface area (Å²) in [5, 5.41) is 0. The number of hydrogen-bond acceptors (Lipinski definition) is 2. The SMILES string of the molecule is CC(C)c1ccc(CC(=O)c2ccccc2N)cc1. The standard InChI is InChI=1S/C17H19NO/c1-12(2)14-9-7-13(8-10-14)11-17(19)15-5-3-4-6-16(15)18/h3-10,12H,11,18H2,1-2H3. The van der Waals surface area contributed by atoms with Crippen molar-refractivity contribution >= 4 is 11.5 Å². The van der Waals surface area contributed by atoms with Crippen LogP contribution in [0.25, 0.3) is 0 Å². The summed E-state index contributed by atoms with van der Waals surface area (Å²) < 4.78 is 0. The van der Waals surface area contributed by atoms with Crippen LogP contribution in [0.4, 0.5) is 5.69 Å². The van der Waals surface area contributed by atoms with E-state index in [-0.39, 0.29) is 5.78 Å². The third kappa shape index (κ3) is 3.22. The molecule has 0 amide bonds. The van der Waals surface area contributed by atoms with E-state index in [4.69, 9.17) is 5.73 Å². The third-order valence-corrected chi connectivity index (χ3v) is 3.27. The Bertz CT molecular complexity index is 570. The van der Waals surface area contributed by atoms with Crippen LogP contribution in [0, 0.1) is 0 Å². The highest BCUT2D eigenvalue weighted by atomic mass is 16.1. The molecule has 0 aliphatic carbocycles. The molecule has 0 spiro atoms. The van der Waals surface area contributed by atoms with E-state index in [1.54, 1.807) is 12.1 Å². The van der Waals surface area contributed by atoms with E-state index < -0.39 is 0 Å². The lowest BCUT2D eigenvalue weighted by atomic mass is 9.98. The molecule has 2 aromatic rings. The van der Waals surface area contributed by atoms with Gasteiger partial charge in [0, 0.05) is 17.7 Å². The van der Waals surface area contributed by atoms with Crippen molar-refractivity contribution in [2.24, 2.45) is 0 Å². The van der Waals surface area contributed by atoms with Crippen LogP contribution in [0.5, 0.6) is 0 Å². The first kappa shape index (κ1) is 13.3. The number of anilines is 1. The molecule has 0 atom stereocenters. The van der Waals surface area contributed by atoms with E-state index in [9.17, 15) is 4.79 Å². The predicted molar refractivity (Wildman–Crippen MR) is 79.4 cm³/mol. The van der Waals surface area contributed by atoms with Crippen molar-refractivity contribution in [1.29, 1.82) is 0 Å². The Balaban J connectivity index is 2.13. The summed E-state index contributed by atoms with van der Waals surface area (Å²) in [4.78, 5) is 12.2. The summed E-state index contributed by atoms with van der Waals surface area (Å²) in [5.41, 5.74) is 9.29. The van der Waals surface area contributed by atoms with Gasteiger partial charge in [0.05, 0.1) is 0 Å². The number of ketones is 1. The van der Waals surface area contributed by atoms with Gasteiger partial charge in [-0.05, 0) is 29.2 Å². The molecule has 0 saturated heterocycles. The van der Waals surface area contributed by atoms with E-state index in [0.29, 0.717) is 23.6 Å². The van der Waals surface area contributed by atoms with E-state index >= 15 is 0 Å².